The van der Waals surface area contributed by atoms with Crippen LogP contribution < -0.4 is 0 Å². The number of alkyl halides is 1. The normalized spacial score (nSPS) is 41.0. The van der Waals surface area contributed by atoms with Gasteiger partial charge in [-0.15, -0.1) is 0 Å². The molecule has 1 fully saturated rings. The van der Waals surface area contributed by atoms with E-state index in [4.69, 9.17) is 21.1 Å². The minimum absolute atomic E-state index is 0.713. The van der Waals surface area contributed by atoms with Gasteiger partial charge in [0, 0.05) is 0 Å². The predicted molar refractivity (Wildman–Crippen MR) is 80.2 cm³/mol. The molecule has 11 heteroatoms. The number of ketones is 3. The fraction of sp³-hybridized carbons (Fsp3) is 0.786. The molecule has 144 valence electrons. The van der Waals surface area contributed by atoms with Crippen molar-refractivity contribution in [1.82, 2.24) is 0 Å². The Kier molecular flexibility index (Phi) is 6.15. The van der Waals surface area contributed by atoms with Crippen LogP contribution in [0.1, 0.15) is 27.7 Å². The van der Waals surface area contributed by atoms with Crippen molar-refractivity contribution in [3.63, 3.8) is 0 Å². The smallest absolute Gasteiger partial charge is 0.313 e. The number of Topliss-reactive ketones (excluding diaryl/α,β-unsaturated/α-hetero) is 3. The van der Waals surface area contributed by atoms with Crippen LogP contribution in [0.25, 0.3) is 0 Å². The Morgan fingerprint density at radius 2 is 1.52 bits per heavy atom. The summed E-state index contributed by atoms with van der Waals surface area (Å²) in [6, 6.07) is 0. The van der Waals surface area contributed by atoms with Gasteiger partial charge in [0.1, 0.15) is 17.8 Å². The third-order valence-corrected chi connectivity index (χ3v) is 4.23. The minimum atomic E-state index is -3.38. The molecule has 0 aromatic rings. The van der Waals surface area contributed by atoms with Gasteiger partial charge in [-0.2, -0.15) is 0 Å². The Labute approximate surface area is 147 Å². The van der Waals surface area contributed by atoms with Crippen molar-refractivity contribution in [1.29, 1.82) is 0 Å². The molecule has 0 aliphatic carbocycles. The summed E-state index contributed by atoms with van der Waals surface area (Å²) in [5, 5.41) is 52.1. The van der Waals surface area contributed by atoms with Crippen LogP contribution in [-0.2, 0) is 23.9 Å². The van der Waals surface area contributed by atoms with E-state index in [0.29, 0.717) is 6.92 Å². The van der Waals surface area contributed by atoms with Crippen molar-refractivity contribution >= 4 is 29.0 Å². The van der Waals surface area contributed by atoms with Crippen molar-refractivity contribution in [2.24, 2.45) is 0 Å². The molecule has 25 heavy (non-hydrogen) atoms. The first kappa shape index (κ1) is 22.1. The Balaban J connectivity index is 3.72. The Morgan fingerprint density at radius 1 is 1.08 bits per heavy atom. The number of carbonyl (C=O) groups is 3. The van der Waals surface area contributed by atoms with Crippen molar-refractivity contribution in [3.8, 4) is 0 Å². The summed E-state index contributed by atoms with van der Waals surface area (Å²) >= 11 is 5.56. The van der Waals surface area contributed by atoms with Gasteiger partial charge in [0.25, 0.3) is 0 Å². The molecule has 7 atom stereocenters. The lowest BCUT2D eigenvalue weighted by Crippen LogP contribution is -2.84. The molecule has 0 aromatic heterocycles. The van der Waals surface area contributed by atoms with E-state index in [0.717, 1.165) is 13.8 Å². The van der Waals surface area contributed by atoms with Gasteiger partial charge in [0.15, 0.2) is 34.7 Å². The molecule has 1 heterocycles. The van der Waals surface area contributed by atoms with Crippen molar-refractivity contribution < 1.29 is 49.4 Å². The van der Waals surface area contributed by atoms with E-state index in [1.54, 1.807) is 0 Å². The topological polar surface area (TPSA) is 171 Å². The number of carbonyl (C=O) groups excluding carboxylic acids is 3. The van der Waals surface area contributed by atoms with Gasteiger partial charge in [-0.25, -0.2) is 0 Å². The standard InChI is InChI=1S/C14H21ClO10/c1-5(16)9(19)10-12(21,6(2)17)13(22,7(3)18)11(20)14(23,25-10)24-8(4)15/h8-11,19-23H,1-4H3/t8?,9?,10-,11-,12-,13-,14+/m1/s1. The van der Waals surface area contributed by atoms with Gasteiger partial charge in [0.2, 0.25) is 0 Å². The molecule has 0 saturated carbocycles. The highest BCUT2D eigenvalue weighted by Gasteiger charge is 2.76. The maximum atomic E-state index is 12.0. The second-order valence-electron chi connectivity index (χ2n) is 5.93. The number of aliphatic hydroxyl groups excluding tert-OH is 2. The highest BCUT2D eigenvalue weighted by Crippen LogP contribution is 2.45. The zero-order chi connectivity index (χ0) is 20.0. The van der Waals surface area contributed by atoms with Gasteiger partial charge >= 0.3 is 5.97 Å². The van der Waals surface area contributed by atoms with Gasteiger partial charge in [0.05, 0.1) is 0 Å². The van der Waals surface area contributed by atoms with Crippen molar-refractivity contribution in [3.05, 3.63) is 0 Å². The first-order valence-electron chi connectivity index (χ1n) is 7.21. The SMILES string of the molecule is CC(=O)C(O)[C@H]1O[C@@](O)(OC(C)Cl)[C@H](O)[C@](O)(C(C)=O)[C@@]1(O)C(C)=O. The molecule has 1 saturated heterocycles. The monoisotopic (exact) mass is 384 g/mol. The molecule has 1 rings (SSSR count). The molecule has 0 amide bonds. The lowest BCUT2D eigenvalue weighted by atomic mass is 9.66. The van der Waals surface area contributed by atoms with Gasteiger partial charge in [-0.05, 0) is 27.7 Å². The number of ether oxygens (including phenoxy) is 2. The number of hydrogen-bond acceptors (Lipinski definition) is 10. The first-order valence-corrected chi connectivity index (χ1v) is 7.65. The summed E-state index contributed by atoms with van der Waals surface area (Å²) in [5.41, 5.74) is -7.98. The molecule has 5 N–H and O–H groups in total. The predicted octanol–water partition coefficient (Wildman–Crippen LogP) is -2.42. The molecule has 10 nitrogen and oxygen atoms in total. The van der Waals surface area contributed by atoms with Crippen LogP contribution in [0.15, 0.2) is 0 Å². The average Bonchev–Trinajstić information content (AvgIpc) is 2.47. The maximum absolute atomic E-state index is 12.0. The van der Waals surface area contributed by atoms with Crippen molar-refractivity contribution in [2.45, 2.75) is 68.7 Å². The summed E-state index contributed by atoms with van der Waals surface area (Å²) in [6.45, 7) is 3.50. The van der Waals surface area contributed by atoms with Gasteiger partial charge in [-0.1, -0.05) is 11.6 Å². The molecule has 0 bridgehead atoms. The molecular weight excluding hydrogens is 364 g/mol. The Bertz CT molecular complexity index is 580. The van der Waals surface area contributed by atoms with E-state index in [2.05, 4.69) is 0 Å². The van der Waals surface area contributed by atoms with E-state index in [1.165, 1.54) is 6.92 Å². The highest BCUT2D eigenvalue weighted by molar-refractivity contribution is 6.19. The van der Waals surface area contributed by atoms with Crippen LogP contribution in [0.3, 0.4) is 0 Å². The molecular formula is C14H21ClO10. The van der Waals surface area contributed by atoms with E-state index in [-0.39, 0.29) is 0 Å². The summed E-state index contributed by atoms with van der Waals surface area (Å²) in [4.78, 5) is 35.6. The second kappa shape index (κ2) is 6.97. The second-order valence-corrected chi connectivity index (χ2v) is 6.55. The minimum Gasteiger partial charge on any atom is -0.382 e. The van der Waals surface area contributed by atoms with E-state index >= 15 is 0 Å². The van der Waals surface area contributed by atoms with Crippen LogP contribution in [0, 0.1) is 0 Å². The van der Waals surface area contributed by atoms with Crippen LogP contribution in [-0.4, -0.2) is 83.9 Å². The third-order valence-electron chi connectivity index (χ3n) is 4.14. The molecule has 1 aliphatic heterocycles. The van der Waals surface area contributed by atoms with Crippen LogP contribution in [0.5, 0.6) is 0 Å². The molecule has 0 aromatic carbocycles. The van der Waals surface area contributed by atoms with Crippen LogP contribution in [0.4, 0.5) is 0 Å². The largest absolute Gasteiger partial charge is 0.382 e. The summed E-state index contributed by atoms with van der Waals surface area (Å²) < 4.78 is 9.65. The molecule has 1 aliphatic rings. The lowest BCUT2D eigenvalue weighted by molar-refractivity contribution is -0.472. The number of aliphatic hydroxyl groups is 5. The molecule has 2 unspecified atom stereocenters. The summed E-state index contributed by atoms with van der Waals surface area (Å²) in [7, 11) is 0. The average molecular weight is 385 g/mol. The number of halogens is 1. The van der Waals surface area contributed by atoms with E-state index < -0.39 is 58.4 Å². The van der Waals surface area contributed by atoms with E-state index in [9.17, 15) is 39.9 Å². The van der Waals surface area contributed by atoms with Crippen LogP contribution >= 0.6 is 11.6 Å². The fourth-order valence-corrected chi connectivity index (χ4v) is 2.91. The Hall–Kier alpha value is -0.980. The number of rotatable bonds is 6. The third kappa shape index (κ3) is 3.24. The summed E-state index contributed by atoms with van der Waals surface area (Å²) in [5.74, 6) is -6.90. The number of hydrogen-bond donors (Lipinski definition) is 5. The van der Waals surface area contributed by atoms with Crippen molar-refractivity contribution in [2.75, 3.05) is 0 Å². The Morgan fingerprint density at radius 3 is 1.84 bits per heavy atom. The van der Waals surface area contributed by atoms with Gasteiger partial charge < -0.3 is 35.0 Å². The fourth-order valence-electron chi connectivity index (χ4n) is 2.78. The first-order chi connectivity index (χ1) is 11.2. The zero-order valence-electron chi connectivity index (χ0n) is 14.0. The lowest BCUT2D eigenvalue weighted by Gasteiger charge is -2.56. The summed E-state index contributed by atoms with van der Waals surface area (Å²) in [6.07, 6.45) is -7.31. The molecule has 0 spiro atoms. The quantitative estimate of drug-likeness (QED) is 0.245. The van der Waals surface area contributed by atoms with Crippen LogP contribution in [0.2, 0.25) is 0 Å². The maximum Gasteiger partial charge on any atom is 0.313 e. The molecule has 0 radical (unpaired) electrons. The van der Waals surface area contributed by atoms with Gasteiger partial charge in [-0.3, -0.25) is 14.4 Å². The highest BCUT2D eigenvalue weighted by atomic mass is 35.5. The van der Waals surface area contributed by atoms with E-state index in [1.807, 2.05) is 0 Å². The zero-order valence-corrected chi connectivity index (χ0v) is 14.7.